The summed E-state index contributed by atoms with van der Waals surface area (Å²) in [7, 11) is 0. The molecule has 0 radical (unpaired) electrons. The SMILES string of the molecule is CC(C)C[C@H](NC(=O)[C@H](Cc1ccc(O)cc1)NC(=O)[C@@H](N)CCC(N)=O)C(=O)N[C@@H](CC(N)=O)C(=O)N1CCC[C@H]1C(=O)N1CCC[C@H]1C(=O)N1CCC[C@H]1C(=O)N[C@@H](Cc1ccc(O)cc1)C(=O)O. The van der Waals surface area contributed by atoms with Crippen LogP contribution in [0.2, 0.25) is 0 Å². The number of carboxylic acids is 1. The van der Waals surface area contributed by atoms with Crippen LogP contribution in [0.25, 0.3) is 0 Å². The third-order valence-corrected chi connectivity index (χ3v) is 12.9. The van der Waals surface area contributed by atoms with Crippen LogP contribution in [-0.4, -0.2) is 157 Å². The van der Waals surface area contributed by atoms with Gasteiger partial charge in [0, 0.05) is 38.9 Å². The van der Waals surface area contributed by atoms with Gasteiger partial charge >= 0.3 is 5.97 Å². The zero-order chi connectivity index (χ0) is 52.1. The molecule has 0 aliphatic carbocycles. The van der Waals surface area contributed by atoms with Crippen molar-refractivity contribution in [3.05, 3.63) is 59.7 Å². The molecule has 3 fully saturated rings. The molecular weight excluding hydrogens is 925 g/mol. The summed E-state index contributed by atoms with van der Waals surface area (Å²) < 4.78 is 0. The van der Waals surface area contributed by atoms with Crippen LogP contribution in [0.5, 0.6) is 11.5 Å². The highest BCUT2D eigenvalue weighted by molar-refractivity contribution is 5.99. The maximum Gasteiger partial charge on any atom is 0.326 e. The van der Waals surface area contributed by atoms with Crippen molar-refractivity contribution in [2.24, 2.45) is 23.1 Å². The Hall–Kier alpha value is -7.30. The second-order valence-corrected chi connectivity index (χ2v) is 18.8. The number of amides is 9. The van der Waals surface area contributed by atoms with E-state index in [9.17, 15) is 63.3 Å². The van der Waals surface area contributed by atoms with E-state index >= 15 is 0 Å². The molecule has 23 nitrogen and oxygen atoms in total. The lowest BCUT2D eigenvalue weighted by atomic mass is 10.00. The molecule has 2 aromatic carbocycles. The van der Waals surface area contributed by atoms with Gasteiger partial charge in [0.05, 0.1) is 12.5 Å². The van der Waals surface area contributed by atoms with E-state index in [0.29, 0.717) is 30.4 Å². The molecule has 3 aliphatic heterocycles. The highest BCUT2D eigenvalue weighted by atomic mass is 16.4. The van der Waals surface area contributed by atoms with E-state index in [4.69, 9.17) is 17.2 Å². The molecule has 3 heterocycles. The van der Waals surface area contributed by atoms with Gasteiger partial charge in [-0.05, 0) is 92.7 Å². The second kappa shape index (κ2) is 25.0. The Bertz CT molecular complexity index is 2300. The average Bonchev–Trinajstić information content (AvgIpc) is 4.13. The lowest BCUT2D eigenvalue weighted by Crippen LogP contribution is -2.60. The molecule has 386 valence electrons. The molecule has 0 unspecified atom stereocenters. The zero-order valence-corrected chi connectivity index (χ0v) is 39.9. The number of phenols is 2. The molecule has 0 bridgehead atoms. The number of primary amides is 2. The van der Waals surface area contributed by atoms with E-state index in [0.717, 1.165) is 0 Å². The Labute approximate surface area is 410 Å². The maximum absolute atomic E-state index is 14.4. The van der Waals surface area contributed by atoms with Gasteiger partial charge in [0.25, 0.3) is 0 Å². The van der Waals surface area contributed by atoms with Crippen molar-refractivity contribution >= 4 is 59.1 Å². The summed E-state index contributed by atoms with van der Waals surface area (Å²) in [5.74, 6) is -8.17. The number of hydrogen-bond donors (Lipinski definition) is 10. The molecule has 71 heavy (non-hydrogen) atoms. The first-order valence-corrected chi connectivity index (χ1v) is 23.9. The fourth-order valence-electron chi connectivity index (χ4n) is 9.23. The molecule has 0 spiro atoms. The number of carbonyl (C=O) groups excluding carboxylic acids is 9. The van der Waals surface area contributed by atoms with E-state index in [1.165, 1.54) is 63.2 Å². The highest BCUT2D eigenvalue weighted by Crippen LogP contribution is 2.29. The van der Waals surface area contributed by atoms with Crippen molar-refractivity contribution in [3.8, 4) is 11.5 Å². The van der Waals surface area contributed by atoms with Crippen molar-refractivity contribution in [1.82, 2.24) is 36.0 Å². The Morgan fingerprint density at radius 2 is 1.04 bits per heavy atom. The standard InChI is InChI=1S/C48H66N10O13/c1-26(2)22-32(53-43(65)33(23-27-9-13-29(59)14-10-27)52-41(63)31(49)17-18-39(50)61)42(64)54-34(25-40(51)62)45(67)57-20-4-7-37(57)47(69)58-21-5-8-38(58)46(68)56-19-3-6-36(56)44(66)55-35(48(70)71)24-28-11-15-30(60)16-12-28/h9-16,26,31-38,59-60H,3-8,17-25,49H2,1-2H3,(H2,50,61)(H2,51,62)(H,52,63)(H,53,65)(H,54,64)(H,55,66)(H,70,71)/t31-,32-,33-,34-,35-,36-,37-,38-/m0/s1. The van der Waals surface area contributed by atoms with Crippen LogP contribution < -0.4 is 38.5 Å². The first-order chi connectivity index (χ1) is 33.6. The summed E-state index contributed by atoms with van der Waals surface area (Å²) >= 11 is 0. The van der Waals surface area contributed by atoms with E-state index in [-0.39, 0.29) is 88.4 Å². The Kier molecular flexibility index (Phi) is 19.2. The first-order valence-electron chi connectivity index (χ1n) is 23.9. The number of carbonyl (C=O) groups is 10. The second-order valence-electron chi connectivity index (χ2n) is 18.8. The number of aliphatic carboxylic acids is 1. The minimum atomic E-state index is -1.58. The molecule has 23 heteroatoms. The predicted octanol–water partition coefficient (Wildman–Crippen LogP) is -1.61. The number of nitrogens with two attached hydrogens (primary N) is 3. The number of aromatic hydroxyl groups is 2. The number of rotatable bonds is 23. The molecular formula is C48H66N10O13. The quantitative estimate of drug-likeness (QED) is 0.0600. The largest absolute Gasteiger partial charge is 0.508 e. The lowest BCUT2D eigenvalue weighted by molar-refractivity contribution is -0.151. The number of nitrogens with zero attached hydrogens (tertiary/aromatic N) is 3. The summed E-state index contributed by atoms with van der Waals surface area (Å²) in [6.45, 7) is 3.96. The van der Waals surface area contributed by atoms with Crippen LogP contribution in [0.1, 0.15) is 89.2 Å². The Morgan fingerprint density at radius 3 is 1.55 bits per heavy atom. The molecule has 5 rings (SSSR count). The Morgan fingerprint density at radius 1 is 0.592 bits per heavy atom. The lowest BCUT2D eigenvalue weighted by Gasteiger charge is -2.35. The number of nitrogens with one attached hydrogen (secondary N) is 4. The van der Waals surface area contributed by atoms with Crippen LogP contribution in [0, 0.1) is 5.92 Å². The average molecular weight is 991 g/mol. The zero-order valence-electron chi connectivity index (χ0n) is 39.9. The molecule has 9 amide bonds. The fourth-order valence-corrected chi connectivity index (χ4v) is 9.23. The highest BCUT2D eigenvalue weighted by Gasteiger charge is 2.47. The number of carboxylic acid groups (broad SMARTS) is 1. The molecule has 0 aromatic heterocycles. The van der Waals surface area contributed by atoms with Gasteiger partial charge in [-0.25, -0.2) is 4.79 Å². The van der Waals surface area contributed by atoms with Crippen molar-refractivity contribution in [3.63, 3.8) is 0 Å². The van der Waals surface area contributed by atoms with E-state index < -0.39 is 114 Å². The number of hydrogen-bond acceptors (Lipinski definition) is 13. The van der Waals surface area contributed by atoms with Crippen molar-refractivity contribution < 1.29 is 63.3 Å². The van der Waals surface area contributed by atoms with Crippen LogP contribution in [0.15, 0.2) is 48.5 Å². The van der Waals surface area contributed by atoms with Crippen LogP contribution >= 0.6 is 0 Å². The molecule has 8 atom stereocenters. The van der Waals surface area contributed by atoms with Gasteiger partial charge in [-0.1, -0.05) is 38.1 Å². The normalized spacial score (nSPS) is 19.8. The predicted molar refractivity (Wildman–Crippen MR) is 253 cm³/mol. The third kappa shape index (κ3) is 15.1. The van der Waals surface area contributed by atoms with Gasteiger partial charge in [-0.3, -0.25) is 43.2 Å². The van der Waals surface area contributed by atoms with Crippen LogP contribution in [0.3, 0.4) is 0 Å². The van der Waals surface area contributed by atoms with Gasteiger partial charge in [0.2, 0.25) is 53.2 Å². The summed E-state index contributed by atoms with van der Waals surface area (Å²) in [6, 6.07) is 1.82. The Balaban J connectivity index is 1.28. The van der Waals surface area contributed by atoms with Crippen molar-refractivity contribution in [2.75, 3.05) is 19.6 Å². The minimum absolute atomic E-state index is 0.00753. The smallest absolute Gasteiger partial charge is 0.326 e. The summed E-state index contributed by atoms with van der Waals surface area (Å²) in [6.07, 6.45) is 0.829. The number of phenolic OH excluding ortho intramolecular Hbond substituents is 2. The molecule has 2 aromatic rings. The van der Waals surface area contributed by atoms with E-state index in [2.05, 4.69) is 21.3 Å². The molecule has 0 saturated carbocycles. The first kappa shape index (κ1) is 54.6. The van der Waals surface area contributed by atoms with Crippen molar-refractivity contribution in [2.45, 2.75) is 139 Å². The van der Waals surface area contributed by atoms with Gasteiger partial charge in [0.15, 0.2) is 0 Å². The maximum atomic E-state index is 14.4. The molecule has 3 saturated heterocycles. The fraction of sp³-hybridized carbons (Fsp3) is 0.542. The number of benzene rings is 2. The van der Waals surface area contributed by atoms with Gasteiger partial charge in [-0.15, -0.1) is 0 Å². The van der Waals surface area contributed by atoms with Gasteiger partial charge in [0.1, 0.15) is 53.8 Å². The van der Waals surface area contributed by atoms with Gasteiger partial charge < -0.3 is 68.5 Å². The molecule has 13 N–H and O–H groups in total. The van der Waals surface area contributed by atoms with E-state index in [1.807, 2.05) is 0 Å². The van der Waals surface area contributed by atoms with Gasteiger partial charge in [-0.2, -0.15) is 0 Å². The van der Waals surface area contributed by atoms with Crippen molar-refractivity contribution in [1.29, 1.82) is 0 Å². The summed E-state index contributed by atoms with van der Waals surface area (Å²) in [4.78, 5) is 138. The van der Waals surface area contributed by atoms with Crippen LogP contribution in [-0.2, 0) is 60.8 Å². The van der Waals surface area contributed by atoms with Crippen LogP contribution in [0.4, 0.5) is 0 Å². The van der Waals surface area contributed by atoms with E-state index in [1.54, 1.807) is 13.8 Å². The molecule has 3 aliphatic rings. The summed E-state index contributed by atoms with van der Waals surface area (Å²) in [5, 5.41) is 39.7. The number of likely N-dealkylation sites (tertiary alicyclic amines) is 3. The third-order valence-electron chi connectivity index (χ3n) is 12.9. The minimum Gasteiger partial charge on any atom is -0.508 e. The summed E-state index contributed by atoms with van der Waals surface area (Å²) in [5.41, 5.74) is 17.9. The topological polar surface area (TPSA) is 367 Å². The monoisotopic (exact) mass is 990 g/mol.